The van der Waals surface area contributed by atoms with Crippen molar-refractivity contribution < 1.29 is 4.74 Å². The Balaban J connectivity index is 1.86. The molecule has 0 fully saturated rings. The van der Waals surface area contributed by atoms with Crippen molar-refractivity contribution >= 4 is 22.9 Å². The molecule has 0 aliphatic carbocycles. The van der Waals surface area contributed by atoms with E-state index in [1.165, 1.54) is 0 Å². The molecule has 0 radical (unpaired) electrons. The summed E-state index contributed by atoms with van der Waals surface area (Å²) in [5.74, 6) is 0. The summed E-state index contributed by atoms with van der Waals surface area (Å²) in [5.41, 5.74) is 2.18. The molecular weight excluding hydrogens is 306 g/mol. The van der Waals surface area contributed by atoms with Crippen molar-refractivity contribution in [3.05, 3.63) is 33.8 Å². The lowest BCUT2D eigenvalue weighted by Gasteiger charge is -2.01. The highest BCUT2D eigenvalue weighted by molar-refractivity contribution is 7.14. The summed E-state index contributed by atoms with van der Waals surface area (Å²) in [4.78, 5) is 0. The van der Waals surface area contributed by atoms with Gasteiger partial charge < -0.3 is 10.1 Å². The zero-order valence-corrected chi connectivity index (χ0v) is 13.9. The first-order valence-corrected chi connectivity index (χ1v) is 8.18. The molecule has 0 saturated carbocycles. The molecule has 2 aromatic rings. The minimum absolute atomic E-state index is 0.740. The van der Waals surface area contributed by atoms with Gasteiger partial charge in [0.05, 0.1) is 6.61 Å². The van der Waals surface area contributed by atoms with Crippen LogP contribution in [0.5, 0.6) is 0 Å². The molecule has 0 spiro atoms. The van der Waals surface area contributed by atoms with Gasteiger partial charge in [-0.3, -0.25) is 0 Å². The molecule has 0 aliphatic heterocycles. The van der Waals surface area contributed by atoms with Crippen molar-refractivity contribution in [2.24, 2.45) is 0 Å². The van der Waals surface area contributed by atoms with Gasteiger partial charge in [0.15, 0.2) is 0 Å². The zero-order chi connectivity index (χ0) is 15.1. The lowest BCUT2D eigenvalue weighted by Crippen LogP contribution is -2.20. The molecule has 0 aliphatic rings. The number of methoxy groups -OCH3 is 1. The molecule has 2 rings (SSSR count). The van der Waals surface area contributed by atoms with Crippen LogP contribution in [-0.2, 0) is 11.2 Å². The number of nitrogens with one attached hydrogen (secondary N) is 1. The van der Waals surface area contributed by atoms with Crippen LogP contribution in [0, 0.1) is 6.92 Å². The molecule has 0 atom stereocenters. The van der Waals surface area contributed by atoms with Crippen LogP contribution in [0.3, 0.4) is 0 Å². The van der Waals surface area contributed by atoms with E-state index in [-0.39, 0.29) is 0 Å². The topological polar surface area (TPSA) is 47.0 Å². The quantitative estimate of drug-likeness (QED) is 0.756. The van der Waals surface area contributed by atoms with E-state index in [4.69, 9.17) is 16.3 Å². The third-order valence-electron chi connectivity index (χ3n) is 2.98. The smallest absolute Gasteiger partial charge is 0.147 e. The second kappa shape index (κ2) is 8.44. The normalized spacial score (nSPS) is 11.0. The number of benzene rings is 1. The SMILES string of the molecule is COCCNCCCc1nnc(-c2cc(C)cc(Cl)c2)s1. The number of nitrogens with zero attached hydrogens (tertiary/aromatic N) is 2. The van der Waals surface area contributed by atoms with E-state index in [1.54, 1.807) is 18.4 Å². The highest BCUT2D eigenvalue weighted by Crippen LogP contribution is 2.27. The first-order chi connectivity index (χ1) is 10.2. The summed E-state index contributed by atoms with van der Waals surface area (Å²) in [5, 5.41) is 14.6. The fourth-order valence-electron chi connectivity index (χ4n) is 1.99. The van der Waals surface area contributed by atoms with E-state index in [9.17, 15) is 0 Å². The largest absolute Gasteiger partial charge is 0.383 e. The monoisotopic (exact) mass is 325 g/mol. The van der Waals surface area contributed by atoms with Crippen LogP contribution >= 0.6 is 22.9 Å². The molecule has 1 N–H and O–H groups in total. The Morgan fingerprint density at radius 3 is 2.86 bits per heavy atom. The average molecular weight is 326 g/mol. The van der Waals surface area contributed by atoms with Crippen LogP contribution in [0.1, 0.15) is 17.0 Å². The Labute approximate surface area is 134 Å². The number of halogens is 1. The summed E-state index contributed by atoms with van der Waals surface area (Å²) < 4.78 is 4.98. The van der Waals surface area contributed by atoms with Crippen LogP contribution in [0.15, 0.2) is 18.2 Å². The molecule has 4 nitrogen and oxygen atoms in total. The lowest BCUT2D eigenvalue weighted by molar-refractivity contribution is 0.199. The van der Waals surface area contributed by atoms with Crippen LogP contribution in [0.25, 0.3) is 10.6 Å². The molecule has 1 heterocycles. The van der Waals surface area contributed by atoms with Gasteiger partial charge in [-0.2, -0.15) is 0 Å². The lowest BCUT2D eigenvalue weighted by atomic mass is 10.1. The van der Waals surface area contributed by atoms with Crippen molar-refractivity contribution in [1.82, 2.24) is 15.5 Å². The number of rotatable bonds is 8. The Morgan fingerprint density at radius 2 is 2.10 bits per heavy atom. The molecule has 0 unspecified atom stereocenters. The van der Waals surface area contributed by atoms with Crippen molar-refractivity contribution in [1.29, 1.82) is 0 Å². The summed E-state index contributed by atoms with van der Waals surface area (Å²) >= 11 is 7.73. The number of ether oxygens (including phenoxy) is 1. The van der Waals surface area contributed by atoms with Gasteiger partial charge in [0.1, 0.15) is 10.0 Å². The van der Waals surface area contributed by atoms with Crippen molar-refractivity contribution in [3.63, 3.8) is 0 Å². The minimum Gasteiger partial charge on any atom is -0.383 e. The Hall–Kier alpha value is -1.01. The molecule has 1 aromatic heterocycles. The predicted molar refractivity (Wildman–Crippen MR) is 88.2 cm³/mol. The Morgan fingerprint density at radius 1 is 1.24 bits per heavy atom. The molecule has 21 heavy (non-hydrogen) atoms. The van der Waals surface area contributed by atoms with Crippen molar-refractivity contribution in [2.45, 2.75) is 19.8 Å². The molecular formula is C15H20ClN3OS. The average Bonchev–Trinajstić information content (AvgIpc) is 2.90. The van der Waals surface area contributed by atoms with E-state index >= 15 is 0 Å². The molecule has 114 valence electrons. The highest BCUT2D eigenvalue weighted by Gasteiger charge is 2.08. The third kappa shape index (κ3) is 5.36. The van der Waals surface area contributed by atoms with Gasteiger partial charge in [-0.1, -0.05) is 22.9 Å². The maximum absolute atomic E-state index is 6.09. The first-order valence-electron chi connectivity index (χ1n) is 6.98. The minimum atomic E-state index is 0.740. The van der Waals surface area contributed by atoms with Gasteiger partial charge in [-0.05, 0) is 43.7 Å². The fraction of sp³-hybridized carbons (Fsp3) is 0.467. The number of aryl methyl sites for hydroxylation is 2. The van der Waals surface area contributed by atoms with Gasteiger partial charge in [-0.25, -0.2) is 0 Å². The molecule has 6 heteroatoms. The molecule has 0 saturated heterocycles. The van der Waals surface area contributed by atoms with Crippen LogP contribution in [0.4, 0.5) is 0 Å². The van der Waals surface area contributed by atoms with E-state index in [2.05, 4.69) is 21.6 Å². The maximum Gasteiger partial charge on any atom is 0.147 e. The van der Waals surface area contributed by atoms with E-state index < -0.39 is 0 Å². The molecule has 0 bridgehead atoms. The van der Waals surface area contributed by atoms with Gasteiger partial charge in [-0.15, -0.1) is 10.2 Å². The first kappa shape index (κ1) is 16.4. The number of hydrogen-bond acceptors (Lipinski definition) is 5. The van der Waals surface area contributed by atoms with Gasteiger partial charge in [0, 0.05) is 30.7 Å². The number of aromatic nitrogens is 2. The second-order valence-electron chi connectivity index (χ2n) is 4.86. The van der Waals surface area contributed by atoms with E-state index in [1.807, 2.05) is 19.1 Å². The van der Waals surface area contributed by atoms with Gasteiger partial charge in [0.25, 0.3) is 0 Å². The third-order valence-corrected chi connectivity index (χ3v) is 4.23. The Kier molecular flexibility index (Phi) is 6.57. The van der Waals surface area contributed by atoms with Crippen LogP contribution in [0.2, 0.25) is 5.02 Å². The van der Waals surface area contributed by atoms with Crippen molar-refractivity contribution in [2.75, 3.05) is 26.8 Å². The maximum atomic E-state index is 6.09. The summed E-state index contributed by atoms with van der Waals surface area (Å²) in [6.07, 6.45) is 1.99. The van der Waals surface area contributed by atoms with Gasteiger partial charge in [0.2, 0.25) is 0 Å². The van der Waals surface area contributed by atoms with Crippen LogP contribution < -0.4 is 5.32 Å². The van der Waals surface area contributed by atoms with Crippen molar-refractivity contribution in [3.8, 4) is 10.6 Å². The zero-order valence-electron chi connectivity index (χ0n) is 12.4. The summed E-state index contributed by atoms with van der Waals surface area (Å²) in [7, 11) is 1.71. The molecule has 0 amide bonds. The van der Waals surface area contributed by atoms with E-state index in [0.29, 0.717) is 0 Å². The summed E-state index contributed by atoms with van der Waals surface area (Å²) in [6.45, 7) is 4.63. The molecule has 1 aromatic carbocycles. The summed E-state index contributed by atoms with van der Waals surface area (Å²) in [6, 6.07) is 5.96. The Bertz CT molecular complexity index is 554. The van der Waals surface area contributed by atoms with Crippen LogP contribution in [-0.4, -0.2) is 37.0 Å². The fourth-order valence-corrected chi connectivity index (χ4v) is 3.15. The van der Waals surface area contributed by atoms with Gasteiger partial charge >= 0.3 is 0 Å². The number of hydrogen-bond donors (Lipinski definition) is 1. The highest BCUT2D eigenvalue weighted by atomic mass is 35.5. The second-order valence-corrected chi connectivity index (χ2v) is 6.36. The van der Waals surface area contributed by atoms with E-state index in [0.717, 1.165) is 58.7 Å². The standard InChI is InChI=1S/C15H20ClN3OS/c1-11-8-12(10-13(16)9-11)15-19-18-14(21-15)4-3-5-17-6-7-20-2/h8-10,17H,3-7H2,1-2H3. The predicted octanol–water partition coefficient (Wildman–Crippen LogP) is 3.34.